The molecular formula is C16H27NO3S. The summed E-state index contributed by atoms with van der Waals surface area (Å²) >= 11 is 0. The molecule has 1 N–H and O–H groups in total. The van der Waals surface area contributed by atoms with Crippen LogP contribution in [0.5, 0.6) is 11.5 Å². The van der Waals surface area contributed by atoms with Gasteiger partial charge in [-0.3, -0.25) is 4.21 Å². The first-order chi connectivity index (χ1) is 10.2. The van der Waals surface area contributed by atoms with E-state index >= 15 is 0 Å². The fourth-order valence-corrected chi connectivity index (χ4v) is 3.63. The lowest BCUT2D eigenvalue weighted by Crippen LogP contribution is -2.24. The van der Waals surface area contributed by atoms with Gasteiger partial charge in [0.25, 0.3) is 0 Å². The average molecular weight is 313 g/mol. The summed E-state index contributed by atoms with van der Waals surface area (Å²) in [7, 11) is 4.34. The van der Waals surface area contributed by atoms with Gasteiger partial charge < -0.3 is 14.8 Å². The summed E-state index contributed by atoms with van der Waals surface area (Å²) in [5.41, 5.74) is 0.989. The van der Waals surface area contributed by atoms with Crippen molar-refractivity contribution in [2.24, 2.45) is 0 Å². The van der Waals surface area contributed by atoms with Gasteiger partial charge in [0.2, 0.25) is 0 Å². The number of ether oxygens (including phenoxy) is 2. The van der Waals surface area contributed by atoms with E-state index in [0.717, 1.165) is 42.1 Å². The molecule has 5 heteroatoms. The highest BCUT2D eigenvalue weighted by atomic mass is 32.2. The van der Waals surface area contributed by atoms with Gasteiger partial charge in [-0.15, -0.1) is 0 Å². The van der Waals surface area contributed by atoms with E-state index in [-0.39, 0.29) is 6.04 Å². The molecule has 0 aliphatic heterocycles. The van der Waals surface area contributed by atoms with Gasteiger partial charge in [-0.25, -0.2) is 0 Å². The molecule has 0 heterocycles. The normalized spacial score (nSPS) is 13.7. The Bertz CT molecular complexity index is 451. The van der Waals surface area contributed by atoms with Crippen LogP contribution in [0.2, 0.25) is 0 Å². The summed E-state index contributed by atoms with van der Waals surface area (Å²) in [5.74, 6) is 2.92. The molecule has 0 bridgehead atoms. The van der Waals surface area contributed by atoms with Crippen LogP contribution in [0.4, 0.5) is 0 Å². The third-order valence-corrected chi connectivity index (χ3v) is 4.94. The lowest BCUT2D eigenvalue weighted by atomic mass is 10.1. The lowest BCUT2D eigenvalue weighted by molar-refractivity contribution is 0.394. The minimum absolute atomic E-state index is 0.00231. The van der Waals surface area contributed by atoms with E-state index in [1.54, 1.807) is 14.2 Å². The van der Waals surface area contributed by atoms with Crippen molar-refractivity contribution in [2.45, 2.75) is 32.2 Å². The quantitative estimate of drug-likeness (QED) is 0.675. The second kappa shape index (κ2) is 9.79. The second-order valence-corrected chi connectivity index (χ2v) is 6.59. The molecule has 21 heavy (non-hydrogen) atoms. The van der Waals surface area contributed by atoms with E-state index in [1.165, 1.54) is 0 Å². The minimum atomic E-state index is -0.830. The Morgan fingerprint density at radius 3 is 2.57 bits per heavy atom. The van der Waals surface area contributed by atoms with Gasteiger partial charge in [0, 0.05) is 33.9 Å². The first-order valence-electron chi connectivity index (χ1n) is 7.40. The number of methoxy groups -OCH3 is 2. The van der Waals surface area contributed by atoms with Crippen LogP contribution in [0, 0.1) is 0 Å². The summed E-state index contributed by atoms with van der Waals surface area (Å²) < 4.78 is 22.9. The van der Waals surface area contributed by atoms with Crippen molar-refractivity contribution in [3.05, 3.63) is 23.8 Å². The van der Waals surface area contributed by atoms with Crippen LogP contribution < -0.4 is 14.8 Å². The molecule has 0 fully saturated rings. The first kappa shape index (κ1) is 18.0. The summed E-state index contributed by atoms with van der Waals surface area (Å²) in [6.45, 7) is 2.15. The van der Waals surface area contributed by atoms with Crippen molar-refractivity contribution in [1.29, 1.82) is 0 Å². The van der Waals surface area contributed by atoms with Crippen LogP contribution in [-0.2, 0) is 10.8 Å². The van der Waals surface area contributed by atoms with Crippen LogP contribution in [0.25, 0.3) is 0 Å². The molecule has 0 amide bonds. The third-order valence-electron chi connectivity index (χ3n) is 3.49. The lowest BCUT2D eigenvalue weighted by Gasteiger charge is -2.20. The van der Waals surface area contributed by atoms with Gasteiger partial charge in [-0.1, -0.05) is 19.8 Å². The van der Waals surface area contributed by atoms with E-state index < -0.39 is 10.8 Å². The summed E-state index contributed by atoms with van der Waals surface area (Å²) in [6, 6.07) is 5.70. The molecule has 2 atom stereocenters. The van der Waals surface area contributed by atoms with Gasteiger partial charge >= 0.3 is 0 Å². The molecule has 4 nitrogen and oxygen atoms in total. The predicted molar refractivity (Wildman–Crippen MR) is 88.7 cm³/mol. The third kappa shape index (κ3) is 5.67. The van der Waals surface area contributed by atoms with Crippen molar-refractivity contribution in [2.75, 3.05) is 32.8 Å². The molecule has 120 valence electrons. The zero-order valence-electron chi connectivity index (χ0n) is 13.5. The van der Waals surface area contributed by atoms with Crippen LogP contribution >= 0.6 is 0 Å². The van der Waals surface area contributed by atoms with Gasteiger partial charge in [-0.2, -0.15) is 0 Å². The molecule has 0 aliphatic rings. The fraction of sp³-hybridized carbons (Fsp3) is 0.625. The molecule has 0 aromatic heterocycles. The van der Waals surface area contributed by atoms with Gasteiger partial charge in [-0.05, 0) is 31.7 Å². The number of hydrogen-bond acceptors (Lipinski definition) is 4. The van der Waals surface area contributed by atoms with Crippen LogP contribution in [-0.4, -0.2) is 37.0 Å². The molecule has 2 unspecified atom stereocenters. The maximum absolute atomic E-state index is 12.2. The number of benzene rings is 1. The standard InChI is InChI=1S/C16H27NO3S/c1-5-6-7-10-21(18)12-15(17-2)14-11-13(19-3)8-9-16(14)20-4/h8-9,11,15,17H,5-7,10,12H2,1-4H3. The largest absolute Gasteiger partial charge is 0.497 e. The van der Waals surface area contributed by atoms with Crippen LogP contribution in [0.1, 0.15) is 37.8 Å². The summed E-state index contributed by atoms with van der Waals surface area (Å²) in [4.78, 5) is 0. The Hall–Kier alpha value is -1.07. The SMILES string of the molecule is CCCCCS(=O)CC(NC)c1cc(OC)ccc1OC. The molecule has 0 aliphatic carbocycles. The van der Waals surface area contributed by atoms with E-state index in [1.807, 2.05) is 25.2 Å². The Morgan fingerprint density at radius 1 is 1.24 bits per heavy atom. The van der Waals surface area contributed by atoms with Crippen LogP contribution in [0.3, 0.4) is 0 Å². The zero-order chi connectivity index (χ0) is 15.7. The highest BCUT2D eigenvalue weighted by Crippen LogP contribution is 2.29. The Morgan fingerprint density at radius 2 is 2.00 bits per heavy atom. The van der Waals surface area contributed by atoms with Crippen molar-refractivity contribution >= 4 is 10.8 Å². The fourth-order valence-electron chi connectivity index (χ4n) is 2.22. The molecule has 1 aromatic rings. The summed E-state index contributed by atoms with van der Waals surface area (Å²) in [6.07, 6.45) is 3.31. The maximum atomic E-state index is 12.2. The number of hydrogen-bond donors (Lipinski definition) is 1. The van der Waals surface area contributed by atoms with Crippen molar-refractivity contribution in [3.63, 3.8) is 0 Å². The van der Waals surface area contributed by atoms with E-state index in [9.17, 15) is 4.21 Å². The maximum Gasteiger partial charge on any atom is 0.123 e. The Labute approximate surface area is 130 Å². The van der Waals surface area contributed by atoms with E-state index in [2.05, 4.69) is 12.2 Å². The van der Waals surface area contributed by atoms with Gasteiger partial charge in [0.15, 0.2) is 0 Å². The highest BCUT2D eigenvalue weighted by molar-refractivity contribution is 7.85. The van der Waals surface area contributed by atoms with Crippen molar-refractivity contribution in [3.8, 4) is 11.5 Å². The average Bonchev–Trinajstić information content (AvgIpc) is 2.52. The zero-order valence-corrected chi connectivity index (χ0v) is 14.3. The number of nitrogens with one attached hydrogen (secondary N) is 1. The molecule has 0 saturated carbocycles. The molecule has 0 spiro atoms. The smallest absolute Gasteiger partial charge is 0.123 e. The monoisotopic (exact) mass is 313 g/mol. The summed E-state index contributed by atoms with van der Waals surface area (Å²) in [5, 5.41) is 3.24. The van der Waals surface area contributed by atoms with Crippen LogP contribution in [0.15, 0.2) is 18.2 Å². The molecule has 1 aromatic carbocycles. The van der Waals surface area contributed by atoms with Gasteiger partial charge in [0.1, 0.15) is 11.5 Å². The molecule has 0 saturated heterocycles. The number of rotatable bonds is 10. The highest BCUT2D eigenvalue weighted by Gasteiger charge is 2.18. The molecular weight excluding hydrogens is 286 g/mol. The first-order valence-corrected chi connectivity index (χ1v) is 8.89. The Kier molecular flexibility index (Phi) is 8.38. The van der Waals surface area contributed by atoms with Crippen molar-refractivity contribution < 1.29 is 13.7 Å². The van der Waals surface area contributed by atoms with E-state index in [0.29, 0.717) is 5.75 Å². The minimum Gasteiger partial charge on any atom is -0.497 e. The van der Waals surface area contributed by atoms with Gasteiger partial charge in [0.05, 0.1) is 14.2 Å². The van der Waals surface area contributed by atoms with Crippen molar-refractivity contribution in [1.82, 2.24) is 5.32 Å². The predicted octanol–water partition coefficient (Wildman–Crippen LogP) is 2.90. The second-order valence-electron chi connectivity index (χ2n) is 4.97. The Balaban J connectivity index is 2.81. The molecule has 1 rings (SSSR count). The topological polar surface area (TPSA) is 47.6 Å². The number of unbranched alkanes of at least 4 members (excludes halogenated alkanes) is 2. The molecule has 0 radical (unpaired) electrons. The van der Waals surface area contributed by atoms with E-state index in [4.69, 9.17) is 9.47 Å².